The zero-order chi connectivity index (χ0) is 14.4. The molecule has 2 aromatic rings. The van der Waals surface area contributed by atoms with E-state index in [4.69, 9.17) is 4.74 Å². The molecule has 0 bridgehead atoms. The minimum Gasteiger partial charge on any atom is -0.871 e. The molecule has 2 aromatic carbocycles. The first-order valence-electron chi connectivity index (χ1n) is 6.43. The van der Waals surface area contributed by atoms with E-state index in [0.717, 1.165) is 0 Å². The topological polar surface area (TPSA) is 49.4 Å². The first-order chi connectivity index (χ1) is 9.74. The van der Waals surface area contributed by atoms with Gasteiger partial charge in [-0.25, -0.2) is 4.79 Å². The van der Waals surface area contributed by atoms with Crippen molar-refractivity contribution in [3.05, 3.63) is 71.8 Å². The van der Waals surface area contributed by atoms with E-state index in [1.54, 1.807) is 55.5 Å². The van der Waals surface area contributed by atoms with Gasteiger partial charge in [0.15, 0.2) is 0 Å². The number of benzene rings is 2. The van der Waals surface area contributed by atoms with E-state index in [1.807, 2.05) is 12.1 Å². The summed E-state index contributed by atoms with van der Waals surface area (Å²) in [5.74, 6) is -0.914. The SMILES string of the molecule is CCOC(=O)/C(=C(\[O-])c1ccccc1)c1ccccc1. The predicted molar refractivity (Wildman–Crippen MR) is 76.3 cm³/mol. The lowest BCUT2D eigenvalue weighted by Gasteiger charge is -2.19. The van der Waals surface area contributed by atoms with Crippen LogP contribution in [0.2, 0.25) is 0 Å². The van der Waals surface area contributed by atoms with Crippen molar-refractivity contribution in [2.75, 3.05) is 6.61 Å². The molecule has 0 aliphatic heterocycles. The van der Waals surface area contributed by atoms with Crippen molar-refractivity contribution >= 4 is 17.3 Å². The molecule has 0 heterocycles. The molecule has 0 amide bonds. The number of rotatable bonds is 4. The monoisotopic (exact) mass is 267 g/mol. The van der Waals surface area contributed by atoms with Crippen LogP contribution in [0.25, 0.3) is 11.3 Å². The maximum absolute atomic E-state index is 12.5. The van der Waals surface area contributed by atoms with E-state index in [2.05, 4.69) is 0 Å². The molecule has 0 spiro atoms. The Morgan fingerprint density at radius 3 is 1.95 bits per heavy atom. The Bertz CT molecular complexity index is 601. The normalized spacial score (nSPS) is 11.7. The highest BCUT2D eigenvalue weighted by Gasteiger charge is 2.14. The van der Waals surface area contributed by atoms with Gasteiger partial charge in [0.05, 0.1) is 12.2 Å². The number of hydrogen-bond acceptors (Lipinski definition) is 3. The van der Waals surface area contributed by atoms with E-state index in [-0.39, 0.29) is 17.9 Å². The number of hydrogen-bond donors (Lipinski definition) is 0. The lowest BCUT2D eigenvalue weighted by molar-refractivity contribution is -0.243. The molecule has 3 nitrogen and oxygen atoms in total. The summed E-state index contributed by atoms with van der Waals surface area (Å²) in [6.07, 6.45) is 0. The summed E-state index contributed by atoms with van der Waals surface area (Å²) in [7, 11) is 0. The lowest BCUT2D eigenvalue weighted by atomic mass is 10.0. The number of esters is 1. The maximum atomic E-state index is 12.5. The zero-order valence-electron chi connectivity index (χ0n) is 11.2. The fourth-order valence-corrected chi connectivity index (χ4v) is 1.88. The fraction of sp³-hybridized carbons (Fsp3) is 0.118. The molecule has 0 fully saturated rings. The second-order valence-corrected chi connectivity index (χ2v) is 4.16. The Labute approximate surface area is 118 Å². The molecule has 2 rings (SSSR count). The largest absolute Gasteiger partial charge is 0.871 e. The van der Waals surface area contributed by atoms with Gasteiger partial charge in [0.2, 0.25) is 0 Å². The Morgan fingerprint density at radius 2 is 1.45 bits per heavy atom. The molecule has 20 heavy (non-hydrogen) atoms. The van der Waals surface area contributed by atoms with Crippen LogP contribution >= 0.6 is 0 Å². The van der Waals surface area contributed by atoms with E-state index in [0.29, 0.717) is 11.1 Å². The maximum Gasteiger partial charge on any atom is 0.338 e. The van der Waals surface area contributed by atoms with Gasteiger partial charge in [-0.2, -0.15) is 0 Å². The molecule has 0 saturated heterocycles. The second-order valence-electron chi connectivity index (χ2n) is 4.16. The third-order valence-electron chi connectivity index (χ3n) is 2.81. The zero-order valence-corrected chi connectivity index (χ0v) is 11.2. The number of carbonyl (C=O) groups excluding carboxylic acids is 1. The number of ether oxygens (including phenoxy) is 1. The molecule has 0 unspecified atom stereocenters. The van der Waals surface area contributed by atoms with E-state index >= 15 is 0 Å². The van der Waals surface area contributed by atoms with Crippen LogP contribution in [0.15, 0.2) is 60.7 Å². The summed E-state index contributed by atoms with van der Waals surface area (Å²) in [6.45, 7) is 1.95. The molecule has 0 radical (unpaired) electrons. The van der Waals surface area contributed by atoms with Gasteiger partial charge in [0.1, 0.15) is 0 Å². The van der Waals surface area contributed by atoms with Crippen LogP contribution in [0.4, 0.5) is 0 Å². The molecular weight excluding hydrogens is 252 g/mol. The third kappa shape index (κ3) is 3.06. The average molecular weight is 267 g/mol. The minimum absolute atomic E-state index is 0.0682. The minimum atomic E-state index is -0.590. The Hall–Kier alpha value is -2.55. The molecule has 0 saturated carbocycles. The summed E-state index contributed by atoms with van der Waals surface area (Å²) in [6, 6.07) is 17.6. The van der Waals surface area contributed by atoms with Gasteiger partial charge < -0.3 is 9.84 Å². The van der Waals surface area contributed by atoms with Crippen molar-refractivity contribution in [3.8, 4) is 0 Å². The molecule has 0 aliphatic carbocycles. The van der Waals surface area contributed by atoms with E-state index in [1.165, 1.54) is 0 Å². The van der Waals surface area contributed by atoms with Gasteiger partial charge in [0.25, 0.3) is 0 Å². The Morgan fingerprint density at radius 1 is 0.950 bits per heavy atom. The highest BCUT2D eigenvalue weighted by molar-refractivity contribution is 6.23. The van der Waals surface area contributed by atoms with Gasteiger partial charge in [0, 0.05) is 0 Å². The second kappa shape index (κ2) is 6.57. The molecule has 3 heteroatoms. The summed E-state index contributed by atoms with van der Waals surface area (Å²) < 4.78 is 5.00. The lowest BCUT2D eigenvalue weighted by Crippen LogP contribution is -2.14. The highest BCUT2D eigenvalue weighted by atomic mass is 16.5. The van der Waals surface area contributed by atoms with Crippen molar-refractivity contribution in [2.45, 2.75) is 6.92 Å². The van der Waals surface area contributed by atoms with Gasteiger partial charge in [-0.05, 0) is 18.1 Å². The average Bonchev–Trinajstić information content (AvgIpc) is 2.50. The van der Waals surface area contributed by atoms with Gasteiger partial charge in [-0.15, -0.1) is 0 Å². The molecule has 0 N–H and O–H groups in total. The third-order valence-corrected chi connectivity index (χ3v) is 2.81. The smallest absolute Gasteiger partial charge is 0.338 e. The van der Waals surface area contributed by atoms with Crippen LogP contribution in [0.1, 0.15) is 18.1 Å². The molecule has 0 aliphatic rings. The standard InChI is InChI=1S/C17H16O3/c1-2-20-17(19)15(13-9-5-3-6-10-13)16(18)14-11-7-4-8-12-14/h3-12,18H,2H2,1H3/p-1/b16-15-. The summed E-state index contributed by atoms with van der Waals surface area (Å²) in [5, 5.41) is 12.5. The summed E-state index contributed by atoms with van der Waals surface area (Å²) >= 11 is 0. The van der Waals surface area contributed by atoms with Gasteiger partial charge in [-0.1, -0.05) is 66.4 Å². The van der Waals surface area contributed by atoms with Crippen molar-refractivity contribution in [2.24, 2.45) is 0 Å². The van der Waals surface area contributed by atoms with Crippen molar-refractivity contribution < 1.29 is 14.6 Å². The van der Waals surface area contributed by atoms with Crippen molar-refractivity contribution in [1.82, 2.24) is 0 Å². The van der Waals surface area contributed by atoms with Crippen LogP contribution in [0, 0.1) is 0 Å². The Balaban J connectivity index is 2.54. The van der Waals surface area contributed by atoms with Crippen LogP contribution in [-0.4, -0.2) is 12.6 Å². The quantitative estimate of drug-likeness (QED) is 0.370. The molecule has 0 aromatic heterocycles. The van der Waals surface area contributed by atoms with Crippen LogP contribution in [-0.2, 0) is 9.53 Å². The summed E-state index contributed by atoms with van der Waals surface area (Å²) in [5.41, 5.74) is 1.11. The summed E-state index contributed by atoms with van der Waals surface area (Å²) in [4.78, 5) is 12.1. The first kappa shape index (κ1) is 13.9. The van der Waals surface area contributed by atoms with Crippen LogP contribution in [0.5, 0.6) is 0 Å². The van der Waals surface area contributed by atoms with Crippen molar-refractivity contribution in [1.29, 1.82) is 0 Å². The highest BCUT2D eigenvalue weighted by Crippen LogP contribution is 2.23. The Kier molecular flexibility index (Phi) is 4.56. The van der Waals surface area contributed by atoms with Crippen molar-refractivity contribution in [3.63, 3.8) is 0 Å². The van der Waals surface area contributed by atoms with E-state index in [9.17, 15) is 9.90 Å². The van der Waals surface area contributed by atoms with Gasteiger partial charge in [-0.3, -0.25) is 0 Å². The molecule has 102 valence electrons. The fourth-order valence-electron chi connectivity index (χ4n) is 1.88. The number of carbonyl (C=O) groups is 1. The van der Waals surface area contributed by atoms with Crippen LogP contribution < -0.4 is 5.11 Å². The first-order valence-corrected chi connectivity index (χ1v) is 6.43. The molecule has 0 atom stereocenters. The van der Waals surface area contributed by atoms with Crippen LogP contribution in [0.3, 0.4) is 0 Å². The predicted octanol–water partition coefficient (Wildman–Crippen LogP) is 2.48. The van der Waals surface area contributed by atoms with Gasteiger partial charge >= 0.3 is 5.97 Å². The molecular formula is C17H15O3-. The van der Waals surface area contributed by atoms with E-state index < -0.39 is 5.97 Å².